The molecule has 1 aliphatic rings. The Balaban J connectivity index is 2.22. The first-order chi connectivity index (χ1) is 7.53. The van der Waals surface area contributed by atoms with Gasteiger partial charge >= 0.3 is 0 Å². The highest BCUT2D eigenvalue weighted by atomic mass is 32.2. The summed E-state index contributed by atoms with van der Waals surface area (Å²) in [7, 11) is 0. The zero-order chi connectivity index (χ0) is 12.0. The van der Waals surface area contributed by atoms with Crippen LogP contribution < -0.4 is 10.6 Å². The van der Waals surface area contributed by atoms with E-state index in [2.05, 4.69) is 16.6 Å². The molecule has 0 aliphatic carbocycles. The summed E-state index contributed by atoms with van der Waals surface area (Å²) in [6.07, 6.45) is 7.61. The number of carbonyl (C=O) groups excluding carboxylic acids is 1. The zero-order valence-corrected chi connectivity index (χ0v) is 10.8. The van der Waals surface area contributed by atoms with Crippen LogP contribution in [0.4, 0.5) is 0 Å². The molecule has 0 aromatic heterocycles. The van der Waals surface area contributed by atoms with E-state index in [1.54, 1.807) is 11.8 Å². The van der Waals surface area contributed by atoms with E-state index < -0.39 is 5.54 Å². The zero-order valence-electron chi connectivity index (χ0n) is 10.0. The summed E-state index contributed by atoms with van der Waals surface area (Å²) in [6.45, 7) is 5.80. The van der Waals surface area contributed by atoms with E-state index in [1.165, 1.54) is 0 Å². The molecular weight excluding hydrogens is 220 g/mol. The first kappa shape index (κ1) is 13.4. The number of nitrogens with one attached hydrogen (secondary N) is 2. The summed E-state index contributed by atoms with van der Waals surface area (Å²) < 4.78 is 0. The molecule has 0 unspecified atom stereocenters. The second-order valence-corrected chi connectivity index (χ2v) is 5.87. The second-order valence-electron chi connectivity index (χ2n) is 4.58. The van der Waals surface area contributed by atoms with E-state index in [1.807, 2.05) is 13.8 Å². The van der Waals surface area contributed by atoms with Gasteiger partial charge in [-0.2, -0.15) is 0 Å². The van der Waals surface area contributed by atoms with E-state index in [4.69, 9.17) is 6.42 Å². The van der Waals surface area contributed by atoms with E-state index in [-0.39, 0.29) is 5.91 Å². The molecule has 3 nitrogen and oxygen atoms in total. The molecule has 2 N–H and O–H groups in total. The number of hydrogen-bond acceptors (Lipinski definition) is 3. The molecule has 0 aromatic carbocycles. The van der Waals surface area contributed by atoms with Crippen molar-refractivity contribution in [2.24, 2.45) is 0 Å². The van der Waals surface area contributed by atoms with Crippen molar-refractivity contribution in [2.75, 3.05) is 18.8 Å². The Morgan fingerprint density at radius 2 is 2.19 bits per heavy atom. The molecule has 1 heterocycles. The summed E-state index contributed by atoms with van der Waals surface area (Å²) in [5.74, 6) is 3.10. The molecule has 1 saturated heterocycles. The van der Waals surface area contributed by atoms with Crippen molar-refractivity contribution in [1.29, 1.82) is 0 Å². The van der Waals surface area contributed by atoms with Gasteiger partial charge in [0.05, 0.1) is 11.3 Å². The minimum absolute atomic E-state index is 0.0338. The highest BCUT2D eigenvalue weighted by molar-refractivity contribution is 8.00. The molecule has 0 saturated carbocycles. The van der Waals surface area contributed by atoms with Crippen LogP contribution in [0, 0.1) is 12.3 Å². The van der Waals surface area contributed by atoms with Gasteiger partial charge in [0.15, 0.2) is 0 Å². The highest BCUT2D eigenvalue weighted by Crippen LogP contribution is 2.19. The third-order valence-electron chi connectivity index (χ3n) is 2.55. The van der Waals surface area contributed by atoms with Crippen LogP contribution in [0.3, 0.4) is 0 Å². The summed E-state index contributed by atoms with van der Waals surface area (Å²) in [5.41, 5.74) is -0.536. The van der Waals surface area contributed by atoms with Gasteiger partial charge < -0.3 is 10.6 Å². The number of rotatable bonds is 4. The van der Waals surface area contributed by atoms with Crippen molar-refractivity contribution in [3.05, 3.63) is 0 Å². The van der Waals surface area contributed by atoms with Gasteiger partial charge in [-0.15, -0.1) is 18.2 Å². The predicted molar refractivity (Wildman–Crippen MR) is 69.4 cm³/mol. The Morgan fingerprint density at radius 1 is 1.56 bits per heavy atom. The Labute approximate surface area is 102 Å². The summed E-state index contributed by atoms with van der Waals surface area (Å²) in [6, 6.07) is 0. The molecule has 16 heavy (non-hydrogen) atoms. The first-order valence-electron chi connectivity index (χ1n) is 5.64. The summed E-state index contributed by atoms with van der Waals surface area (Å²) in [5, 5.41) is 6.76. The molecule has 90 valence electrons. The maximum atomic E-state index is 11.6. The fourth-order valence-electron chi connectivity index (χ4n) is 1.58. The molecule has 1 fully saturated rings. The summed E-state index contributed by atoms with van der Waals surface area (Å²) >= 11 is 1.74. The van der Waals surface area contributed by atoms with E-state index >= 15 is 0 Å². The second kappa shape index (κ2) is 6.17. The molecule has 0 atom stereocenters. The smallest absolute Gasteiger partial charge is 0.231 e. The maximum absolute atomic E-state index is 11.6. The van der Waals surface area contributed by atoms with Gasteiger partial charge in [0.2, 0.25) is 5.91 Å². The van der Waals surface area contributed by atoms with Gasteiger partial charge in [0.1, 0.15) is 0 Å². The molecule has 4 heteroatoms. The Bertz CT molecular complexity index is 277. The van der Waals surface area contributed by atoms with Crippen molar-refractivity contribution in [3.8, 4) is 12.3 Å². The van der Waals surface area contributed by atoms with Gasteiger partial charge in [-0.05, 0) is 39.8 Å². The number of carbonyl (C=O) groups is 1. The molecule has 0 aromatic rings. The van der Waals surface area contributed by atoms with Crippen molar-refractivity contribution >= 4 is 17.7 Å². The Kier molecular flexibility index (Phi) is 5.17. The average molecular weight is 240 g/mol. The van der Waals surface area contributed by atoms with E-state index in [0.29, 0.717) is 11.0 Å². The van der Waals surface area contributed by atoms with Crippen molar-refractivity contribution in [2.45, 2.75) is 37.5 Å². The lowest BCUT2D eigenvalue weighted by Crippen LogP contribution is -2.43. The van der Waals surface area contributed by atoms with Crippen molar-refractivity contribution in [3.63, 3.8) is 0 Å². The van der Waals surface area contributed by atoms with Crippen molar-refractivity contribution in [1.82, 2.24) is 10.6 Å². The fourth-order valence-corrected chi connectivity index (χ4v) is 2.60. The minimum Gasteiger partial charge on any atom is -0.340 e. The number of amides is 1. The Morgan fingerprint density at radius 3 is 2.75 bits per heavy atom. The van der Waals surface area contributed by atoms with Crippen LogP contribution in [-0.4, -0.2) is 35.5 Å². The topological polar surface area (TPSA) is 41.1 Å². The van der Waals surface area contributed by atoms with Gasteiger partial charge in [-0.3, -0.25) is 4.79 Å². The third-order valence-corrected chi connectivity index (χ3v) is 3.92. The molecule has 1 aliphatic heterocycles. The number of terminal acetylenes is 1. The normalized spacial score (nSPS) is 17.8. The molecule has 0 radical (unpaired) electrons. The van der Waals surface area contributed by atoms with E-state index in [9.17, 15) is 4.79 Å². The average Bonchev–Trinajstić information content (AvgIpc) is 2.27. The van der Waals surface area contributed by atoms with Crippen LogP contribution in [0.1, 0.15) is 26.7 Å². The molecule has 1 amide bonds. The van der Waals surface area contributed by atoms with Crippen molar-refractivity contribution < 1.29 is 4.79 Å². The van der Waals surface area contributed by atoms with Crippen LogP contribution in [0.2, 0.25) is 0 Å². The first-order valence-corrected chi connectivity index (χ1v) is 6.69. The maximum Gasteiger partial charge on any atom is 0.231 e. The quantitative estimate of drug-likeness (QED) is 0.720. The Hall–Kier alpha value is -0.660. The number of hydrogen-bond donors (Lipinski definition) is 2. The monoisotopic (exact) mass is 240 g/mol. The van der Waals surface area contributed by atoms with Crippen LogP contribution >= 0.6 is 11.8 Å². The largest absolute Gasteiger partial charge is 0.340 e. The number of thioether (sulfide) groups is 1. The highest BCUT2D eigenvalue weighted by Gasteiger charge is 2.19. The lowest BCUT2D eigenvalue weighted by atomic mass is 10.1. The van der Waals surface area contributed by atoms with Gasteiger partial charge in [0.25, 0.3) is 0 Å². The lowest BCUT2D eigenvalue weighted by Gasteiger charge is -2.23. The SMILES string of the molecule is C#CC(C)(C)NC(=O)CSC1CCNCC1. The van der Waals surface area contributed by atoms with Crippen LogP contribution in [-0.2, 0) is 4.79 Å². The fraction of sp³-hybridized carbons (Fsp3) is 0.750. The van der Waals surface area contributed by atoms with Gasteiger partial charge in [0, 0.05) is 5.25 Å². The van der Waals surface area contributed by atoms with E-state index in [0.717, 1.165) is 25.9 Å². The van der Waals surface area contributed by atoms with Gasteiger partial charge in [-0.25, -0.2) is 0 Å². The third kappa shape index (κ3) is 4.91. The molecule has 0 spiro atoms. The van der Waals surface area contributed by atoms with Crippen LogP contribution in [0.15, 0.2) is 0 Å². The standard InChI is InChI=1S/C12H20N2OS/c1-4-12(2,3)14-11(15)9-16-10-5-7-13-8-6-10/h1,10,13H,5-9H2,2-3H3,(H,14,15). The number of piperidine rings is 1. The van der Waals surface area contributed by atoms with Gasteiger partial charge in [-0.1, -0.05) is 5.92 Å². The molecule has 1 rings (SSSR count). The van der Waals surface area contributed by atoms with Crippen LogP contribution in [0.5, 0.6) is 0 Å². The molecular formula is C12H20N2OS. The minimum atomic E-state index is -0.536. The predicted octanol–water partition coefficient (Wildman–Crippen LogP) is 1.000. The lowest BCUT2D eigenvalue weighted by molar-refractivity contribution is -0.119. The summed E-state index contributed by atoms with van der Waals surface area (Å²) in [4.78, 5) is 11.6. The van der Waals surface area contributed by atoms with Crippen LogP contribution in [0.25, 0.3) is 0 Å². The molecule has 0 bridgehead atoms.